The zero-order valence-electron chi connectivity index (χ0n) is 11.5. The van der Waals surface area contributed by atoms with Crippen molar-refractivity contribution in [3.05, 3.63) is 58.1 Å². The van der Waals surface area contributed by atoms with Crippen LogP contribution in [-0.4, -0.2) is 17.8 Å². The minimum atomic E-state index is -0.510. The molecule has 0 bridgehead atoms. The summed E-state index contributed by atoms with van der Waals surface area (Å²) in [6, 6.07) is 10.7. The Morgan fingerprint density at radius 2 is 1.81 bits per heavy atom. The Morgan fingerprint density at radius 3 is 2.43 bits per heavy atom. The molecule has 2 aromatic rings. The van der Waals surface area contributed by atoms with Crippen LogP contribution in [0.1, 0.15) is 17.3 Å². The quantitative estimate of drug-likeness (QED) is 0.477. The van der Waals surface area contributed by atoms with E-state index in [-0.39, 0.29) is 17.2 Å². The highest BCUT2D eigenvalue weighted by Gasteiger charge is 2.16. The van der Waals surface area contributed by atoms with Gasteiger partial charge in [-0.2, -0.15) is 0 Å². The summed E-state index contributed by atoms with van der Waals surface area (Å²) in [4.78, 5) is 22.0. The molecule has 0 amide bonds. The van der Waals surface area contributed by atoms with Gasteiger partial charge in [0, 0.05) is 6.07 Å². The van der Waals surface area contributed by atoms with Crippen molar-refractivity contribution in [2.75, 3.05) is 7.11 Å². The highest BCUT2D eigenvalue weighted by atomic mass is 16.6. The molecular weight excluding hydrogens is 274 g/mol. The molecule has 0 aliphatic rings. The van der Waals surface area contributed by atoms with E-state index < -0.39 is 4.92 Å². The van der Waals surface area contributed by atoms with Gasteiger partial charge in [-0.05, 0) is 25.1 Å². The number of methoxy groups -OCH3 is 1. The number of benzene rings is 2. The molecule has 0 spiro atoms. The van der Waals surface area contributed by atoms with Crippen LogP contribution in [0, 0.1) is 10.1 Å². The van der Waals surface area contributed by atoms with Crippen molar-refractivity contribution in [2.45, 2.75) is 6.92 Å². The van der Waals surface area contributed by atoms with Crippen molar-refractivity contribution in [3.8, 4) is 17.2 Å². The molecule has 0 N–H and O–H groups in total. The van der Waals surface area contributed by atoms with Gasteiger partial charge >= 0.3 is 0 Å². The van der Waals surface area contributed by atoms with E-state index in [2.05, 4.69) is 0 Å². The number of carbonyl (C=O) groups is 1. The smallest absolute Gasteiger partial charge is 0.273 e. The lowest BCUT2D eigenvalue weighted by Gasteiger charge is -2.12. The topological polar surface area (TPSA) is 78.7 Å². The molecule has 2 rings (SSSR count). The summed E-state index contributed by atoms with van der Waals surface area (Å²) >= 11 is 0. The van der Waals surface area contributed by atoms with Gasteiger partial charge in [-0.15, -0.1) is 0 Å². The first kappa shape index (κ1) is 14.5. The molecule has 0 aromatic heterocycles. The van der Waals surface area contributed by atoms with Crippen LogP contribution in [-0.2, 0) is 0 Å². The molecule has 0 fully saturated rings. The first-order valence-electron chi connectivity index (χ1n) is 6.13. The molecule has 2 aromatic carbocycles. The second kappa shape index (κ2) is 6.04. The number of non-ortho nitro benzene ring substituents is 1. The molecule has 0 aliphatic heterocycles. The fraction of sp³-hybridized carbons (Fsp3) is 0.133. The monoisotopic (exact) mass is 287 g/mol. The van der Waals surface area contributed by atoms with E-state index in [4.69, 9.17) is 9.47 Å². The number of ketones is 1. The van der Waals surface area contributed by atoms with Gasteiger partial charge in [0.1, 0.15) is 22.8 Å². The van der Waals surface area contributed by atoms with E-state index >= 15 is 0 Å². The van der Waals surface area contributed by atoms with Gasteiger partial charge in [0.25, 0.3) is 5.69 Å². The molecule has 0 aliphatic carbocycles. The van der Waals surface area contributed by atoms with Gasteiger partial charge in [-0.1, -0.05) is 12.1 Å². The number of nitro benzene ring substituents is 1. The molecule has 0 heterocycles. The molecule has 6 heteroatoms. The van der Waals surface area contributed by atoms with Crippen LogP contribution in [0.4, 0.5) is 5.69 Å². The Kier molecular flexibility index (Phi) is 4.18. The minimum Gasteiger partial charge on any atom is -0.496 e. The van der Waals surface area contributed by atoms with Gasteiger partial charge < -0.3 is 9.47 Å². The van der Waals surface area contributed by atoms with Crippen molar-refractivity contribution < 1.29 is 19.2 Å². The molecule has 0 unspecified atom stereocenters. The fourth-order valence-corrected chi connectivity index (χ4v) is 1.90. The SMILES string of the molecule is COc1cccc(Oc2cccc([N+](=O)[O-])c2)c1C(C)=O. The Labute approximate surface area is 121 Å². The van der Waals surface area contributed by atoms with E-state index in [9.17, 15) is 14.9 Å². The van der Waals surface area contributed by atoms with Crippen molar-refractivity contribution >= 4 is 11.5 Å². The van der Waals surface area contributed by atoms with Crippen molar-refractivity contribution in [2.24, 2.45) is 0 Å². The Morgan fingerprint density at radius 1 is 1.14 bits per heavy atom. The van der Waals surface area contributed by atoms with E-state index in [0.29, 0.717) is 17.1 Å². The lowest BCUT2D eigenvalue weighted by Crippen LogP contribution is -2.01. The maximum absolute atomic E-state index is 11.7. The number of nitro groups is 1. The Bertz CT molecular complexity index is 696. The lowest BCUT2D eigenvalue weighted by molar-refractivity contribution is -0.384. The van der Waals surface area contributed by atoms with Crippen molar-refractivity contribution in [3.63, 3.8) is 0 Å². The van der Waals surface area contributed by atoms with Crippen molar-refractivity contribution in [1.29, 1.82) is 0 Å². The minimum absolute atomic E-state index is 0.0835. The maximum atomic E-state index is 11.7. The predicted molar refractivity (Wildman–Crippen MR) is 76.2 cm³/mol. The van der Waals surface area contributed by atoms with Crippen LogP contribution >= 0.6 is 0 Å². The second-order valence-electron chi connectivity index (χ2n) is 4.25. The number of hydrogen-bond donors (Lipinski definition) is 0. The summed E-state index contributed by atoms with van der Waals surface area (Å²) in [6.07, 6.45) is 0. The lowest BCUT2D eigenvalue weighted by atomic mass is 10.1. The number of carbonyl (C=O) groups excluding carboxylic acids is 1. The highest BCUT2D eigenvalue weighted by molar-refractivity contribution is 5.99. The van der Waals surface area contributed by atoms with Crippen LogP contribution in [0.5, 0.6) is 17.2 Å². The van der Waals surface area contributed by atoms with E-state index in [1.807, 2.05) is 0 Å². The van der Waals surface area contributed by atoms with Crippen LogP contribution in [0.25, 0.3) is 0 Å². The van der Waals surface area contributed by atoms with Gasteiger partial charge in [-0.3, -0.25) is 14.9 Å². The standard InChI is InChI=1S/C15H13NO5/c1-10(17)15-13(20-2)7-4-8-14(15)21-12-6-3-5-11(9-12)16(18)19/h3-9H,1-2H3. The number of rotatable bonds is 5. The third kappa shape index (κ3) is 3.17. The fourth-order valence-electron chi connectivity index (χ4n) is 1.90. The molecule has 0 radical (unpaired) electrons. The molecule has 108 valence electrons. The normalized spacial score (nSPS) is 10.0. The van der Waals surface area contributed by atoms with E-state index in [0.717, 1.165) is 0 Å². The molecule has 21 heavy (non-hydrogen) atoms. The summed E-state index contributed by atoms with van der Waals surface area (Å²) in [6.45, 7) is 1.40. The summed E-state index contributed by atoms with van der Waals surface area (Å²) in [5, 5.41) is 10.8. The van der Waals surface area contributed by atoms with Crippen LogP contribution in [0.3, 0.4) is 0 Å². The van der Waals surface area contributed by atoms with Gasteiger partial charge in [0.05, 0.1) is 18.1 Å². The zero-order chi connectivity index (χ0) is 15.4. The summed E-state index contributed by atoms with van der Waals surface area (Å²) < 4.78 is 10.7. The maximum Gasteiger partial charge on any atom is 0.273 e. The number of Topliss-reactive ketones (excluding diaryl/α,β-unsaturated/α-hetero) is 1. The molecule has 0 atom stereocenters. The van der Waals surface area contributed by atoms with E-state index in [1.165, 1.54) is 32.2 Å². The average molecular weight is 287 g/mol. The zero-order valence-corrected chi connectivity index (χ0v) is 11.5. The predicted octanol–water partition coefficient (Wildman–Crippen LogP) is 3.60. The first-order valence-corrected chi connectivity index (χ1v) is 6.13. The number of nitrogens with zero attached hydrogens (tertiary/aromatic N) is 1. The van der Waals surface area contributed by atoms with Gasteiger partial charge in [0.15, 0.2) is 5.78 Å². The van der Waals surface area contributed by atoms with Crippen molar-refractivity contribution in [1.82, 2.24) is 0 Å². The third-order valence-electron chi connectivity index (χ3n) is 2.82. The summed E-state index contributed by atoms with van der Waals surface area (Å²) in [7, 11) is 1.46. The highest BCUT2D eigenvalue weighted by Crippen LogP contribution is 2.33. The summed E-state index contributed by atoms with van der Waals surface area (Å²) in [5.41, 5.74) is 0.214. The average Bonchev–Trinajstić information content (AvgIpc) is 2.46. The first-order chi connectivity index (χ1) is 10.0. The van der Waals surface area contributed by atoms with Crippen LogP contribution in [0.15, 0.2) is 42.5 Å². The largest absolute Gasteiger partial charge is 0.496 e. The molecule has 6 nitrogen and oxygen atoms in total. The third-order valence-corrected chi connectivity index (χ3v) is 2.82. The van der Waals surface area contributed by atoms with Gasteiger partial charge in [-0.25, -0.2) is 0 Å². The second-order valence-corrected chi connectivity index (χ2v) is 4.25. The molecule has 0 saturated carbocycles. The Balaban J connectivity index is 2.42. The summed E-state index contributed by atoms with van der Waals surface area (Å²) in [5.74, 6) is 0.751. The number of hydrogen-bond acceptors (Lipinski definition) is 5. The van der Waals surface area contributed by atoms with Crippen LogP contribution in [0.2, 0.25) is 0 Å². The molecular formula is C15H13NO5. The van der Waals surface area contributed by atoms with E-state index in [1.54, 1.807) is 24.3 Å². The van der Waals surface area contributed by atoms with Gasteiger partial charge in [0.2, 0.25) is 0 Å². The van der Waals surface area contributed by atoms with Crippen LogP contribution < -0.4 is 9.47 Å². The number of ether oxygens (including phenoxy) is 2. The molecule has 0 saturated heterocycles. The Hall–Kier alpha value is -2.89.